The van der Waals surface area contributed by atoms with E-state index in [-0.39, 0.29) is 0 Å². The molecule has 5 nitrogen and oxygen atoms in total. The van der Waals surface area contributed by atoms with E-state index in [0.29, 0.717) is 6.54 Å². The minimum atomic E-state index is -1.02. The Hall–Kier alpha value is -0.970. The molecule has 43 valence electrons. The first-order valence-corrected chi connectivity index (χ1v) is 2.12. The first-order chi connectivity index (χ1) is 3.80. The summed E-state index contributed by atoms with van der Waals surface area (Å²) in [6, 6.07) is 0. The minimum absolute atomic E-state index is 0.381. The van der Waals surface area contributed by atoms with Crippen LogP contribution in [-0.2, 0) is 0 Å². The van der Waals surface area contributed by atoms with E-state index in [1.807, 2.05) is 0 Å². The van der Waals surface area contributed by atoms with Gasteiger partial charge >= 0.3 is 6.29 Å². The summed E-state index contributed by atoms with van der Waals surface area (Å²) >= 11 is 0. The molecule has 0 saturated heterocycles. The van der Waals surface area contributed by atoms with E-state index in [4.69, 9.17) is 0 Å². The van der Waals surface area contributed by atoms with Gasteiger partial charge in [0.2, 0.25) is 0 Å². The van der Waals surface area contributed by atoms with Gasteiger partial charge in [-0.2, -0.15) is 0 Å². The predicted molar refractivity (Wildman–Crippen MR) is 26.3 cm³/mol. The average molecular weight is 114 g/mol. The lowest BCUT2D eigenvalue weighted by atomic mass is 10.8. The smallest absolute Gasteiger partial charge is 0.261 e. The Balaban J connectivity index is 2.48. The second kappa shape index (κ2) is 1.87. The molecule has 0 bridgehead atoms. The van der Waals surface area contributed by atoms with Crippen LogP contribution in [-0.4, -0.2) is 24.0 Å². The van der Waals surface area contributed by atoms with Crippen molar-refractivity contribution in [2.75, 3.05) is 6.54 Å². The predicted octanol–water partition coefficient (Wildman–Crippen LogP) is -0.765. The van der Waals surface area contributed by atoms with E-state index in [1.54, 1.807) is 0 Å². The molecule has 1 atom stereocenters. The largest absolute Gasteiger partial charge is 0.377 e. The summed E-state index contributed by atoms with van der Waals surface area (Å²) in [5, 5.41) is 13.3. The Morgan fingerprint density at radius 3 is 2.88 bits per heavy atom. The van der Waals surface area contributed by atoms with Crippen molar-refractivity contribution in [2.45, 2.75) is 6.29 Å². The highest BCUT2D eigenvalue weighted by Crippen LogP contribution is 1.92. The molecule has 1 aliphatic heterocycles. The van der Waals surface area contributed by atoms with Crippen molar-refractivity contribution < 1.29 is 4.92 Å². The lowest BCUT2D eigenvalue weighted by Gasteiger charge is -1.92. The van der Waals surface area contributed by atoms with Crippen LogP contribution in [0.15, 0.2) is 4.99 Å². The molecule has 0 N–H and O–H groups in total. The number of hydrogen-bond acceptors (Lipinski definition) is 3. The fourth-order valence-electron chi connectivity index (χ4n) is 0.451. The highest BCUT2D eigenvalue weighted by molar-refractivity contribution is 5.61. The van der Waals surface area contributed by atoms with Crippen LogP contribution in [0, 0.1) is 10.1 Å². The van der Waals surface area contributed by atoms with Gasteiger partial charge in [-0.05, 0) is 0 Å². The highest BCUT2D eigenvalue weighted by Gasteiger charge is 2.20. The molecule has 0 aliphatic carbocycles. The molecule has 1 radical (unpaired) electrons. The zero-order valence-electron chi connectivity index (χ0n) is 4.02. The molecule has 0 aromatic carbocycles. The van der Waals surface area contributed by atoms with E-state index in [9.17, 15) is 10.1 Å². The van der Waals surface area contributed by atoms with Crippen molar-refractivity contribution in [3.63, 3.8) is 0 Å². The van der Waals surface area contributed by atoms with E-state index < -0.39 is 11.2 Å². The molecule has 1 unspecified atom stereocenters. The van der Waals surface area contributed by atoms with Gasteiger partial charge in [-0.25, -0.2) is 4.99 Å². The SMILES string of the molecule is O=[N+]([O-])C1[N]CC=N1. The van der Waals surface area contributed by atoms with Gasteiger partial charge in [0.15, 0.2) is 0 Å². The van der Waals surface area contributed by atoms with Gasteiger partial charge in [0.05, 0.1) is 11.5 Å². The van der Waals surface area contributed by atoms with Gasteiger partial charge in [-0.1, -0.05) is 0 Å². The van der Waals surface area contributed by atoms with Crippen LogP contribution in [0.5, 0.6) is 0 Å². The Morgan fingerprint density at radius 2 is 2.62 bits per heavy atom. The summed E-state index contributed by atoms with van der Waals surface area (Å²) in [5.74, 6) is 0. The Bertz CT molecular complexity index is 132. The quantitative estimate of drug-likeness (QED) is 0.332. The number of nitro groups is 1. The Kier molecular flexibility index (Phi) is 1.21. The summed E-state index contributed by atoms with van der Waals surface area (Å²) in [6.07, 6.45) is 0.419. The molecule has 8 heavy (non-hydrogen) atoms. The third kappa shape index (κ3) is 0.812. The standard InChI is InChI=1S/C3H4N3O2/c7-6(8)3-4-1-2-5-3/h1,3H,2H2. The van der Waals surface area contributed by atoms with Crippen molar-refractivity contribution in [1.82, 2.24) is 5.32 Å². The van der Waals surface area contributed by atoms with Crippen LogP contribution in [0.3, 0.4) is 0 Å². The third-order valence-electron chi connectivity index (χ3n) is 0.778. The molecule has 1 aliphatic rings. The van der Waals surface area contributed by atoms with Crippen LogP contribution in [0.2, 0.25) is 0 Å². The van der Waals surface area contributed by atoms with Gasteiger partial charge in [0, 0.05) is 6.21 Å². The molecule has 1 heterocycles. The van der Waals surface area contributed by atoms with Crippen LogP contribution in [0.4, 0.5) is 0 Å². The van der Waals surface area contributed by atoms with E-state index in [2.05, 4.69) is 10.3 Å². The van der Waals surface area contributed by atoms with Gasteiger partial charge < -0.3 is 0 Å². The Labute approximate surface area is 45.6 Å². The molecular weight excluding hydrogens is 110 g/mol. The molecule has 0 saturated carbocycles. The molecule has 0 amide bonds. The van der Waals surface area contributed by atoms with E-state index >= 15 is 0 Å². The first kappa shape index (κ1) is 5.17. The summed E-state index contributed by atoms with van der Waals surface area (Å²) < 4.78 is 0. The third-order valence-corrected chi connectivity index (χ3v) is 0.778. The maximum Gasteiger partial charge on any atom is 0.377 e. The summed E-state index contributed by atoms with van der Waals surface area (Å²) in [4.78, 5) is 12.7. The lowest BCUT2D eigenvalue weighted by molar-refractivity contribution is -0.526. The van der Waals surface area contributed by atoms with Gasteiger partial charge in [-0.3, -0.25) is 10.1 Å². The monoisotopic (exact) mass is 114 g/mol. The summed E-state index contributed by atoms with van der Waals surface area (Å²) in [7, 11) is 0. The molecule has 0 aromatic rings. The summed E-state index contributed by atoms with van der Waals surface area (Å²) in [6.45, 7) is 0.381. The zero-order chi connectivity index (χ0) is 5.98. The van der Waals surface area contributed by atoms with Crippen molar-refractivity contribution in [2.24, 2.45) is 4.99 Å². The maximum absolute atomic E-state index is 9.80. The second-order valence-corrected chi connectivity index (χ2v) is 1.33. The normalized spacial score (nSPS) is 26.2. The number of rotatable bonds is 1. The number of hydrogen-bond donors (Lipinski definition) is 0. The van der Waals surface area contributed by atoms with Crippen molar-refractivity contribution >= 4 is 6.21 Å². The Morgan fingerprint density at radius 1 is 1.88 bits per heavy atom. The molecular formula is C3H4N3O2. The molecule has 0 spiro atoms. The highest BCUT2D eigenvalue weighted by atomic mass is 16.6. The van der Waals surface area contributed by atoms with Crippen molar-refractivity contribution in [3.8, 4) is 0 Å². The lowest BCUT2D eigenvalue weighted by Crippen LogP contribution is -2.23. The van der Waals surface area contributed by atoms with Crippen LogP contribution >= 0.6 is 0 Å². The molecule has 0 aromatic heterocycles. The average Bonchev–Trinajstić information content (AvgIpc) is 2.12. The van der Waals surface area contributed by atoms with Crippen LogP contribution in [0.25, 0.3) is 0 Å². The van der Waals surface area contributed by atoms with Gasteiger partial charge in [0.25, 0.3) is 0 Å². The van der Waals surface area contributed by atoms with Crippen LogP contribution in [0.1, 0.15) is 0 Å². The second-order valence-electron chi connectivity index (χ2n) is 1.33. The minimum Gasteiger partial charge on any atom is -0.261 e. The van der Waals surface area contributed by atoms with Gasteiger partial charge in [-0.15, -0.1) is 5.32 Å². The summed E-state index contributed by atoms with van der Waals surface area (Å²) in [5.41, 5.74) is 0. The number of aliphatic imine (C=N–C) groups is 1. The van der Waals surface area contributed by atoms with Crippen molar-refractivity contribution in [1.29, 1.82) is 0 Å². The topological polar surface area (TPSA) is 69.6 Å². The van der Waals surface area contributed by atoms with E-state index in [1.165, 1.54) is 6.21 Å². The fourth-order valence-corrected chi connectivity index (χ4v) is 0.451. The number of nitrogens with zero attached hydrogens (tertiary/aromatic N) is 3. The molecule has 0 fully saturated rings. The molecule has 1 rings (SSSR count). The van der Waals surface area contributed by atoms with Crippen molar-refractivity contribution in [3.05, 3.63) is 10.1 Å². The molecule has 5 heteroatoms. The van der Waals surface area contributed by atoms with E-state index in [0.717, 1.165) is 0 Å². The fraction of sp³-hybridized carbons (Fsp3) is 0.667. The maximum atomic E-state index is 9.80. The first-order valence-electron chi connectivity index (χ1n) is 2.12. The van der Waals surface area contributed by atoms with Crippen LogP contribution < -0.4 is 5.32 Å². The van der Waals surface area contributed by atoms with Gasteiger partial charge in [0.1, 0.15) is 0 Å². The zero-order valence-corrected chi connectivity index (χ0v) is 4.02.